The molecule has 0 saturated heterocycles. The van der Waals surface area contributed by atoms with Crippen LogP contribution in [0.2, 0.25) is 5.02 Å². The van der Waals surface area contributed by atoms with E-state index < -0.39 is 0 Å². The molecule has 0 unspecified atom stereocenters. The van der Waals surface area contributed by atoms with Crippen molar-refractivity contribution in [2.45, 2.75) is 13.5 Å². The van der Waals surface area contributed by atoms with E-state index in [1.807, 2.05) is 18.2 Å². The van der Waals surface area contributed by atoms with Gasteiger partial charge in [-0.1, -0.05) is 35.9 Å². The Labute approximate surface area is 88.1 Å². The number of halogens is 1. The Morgan fingerprint density at radius 3 is 2.86 bits per heavy atom. The van der Waals surface area contributed by atoms with Crippen molar-refractivity contribution in [3.05, 3.63) is 47.0 Å². The Kier molecular flexibility index (Phi) is 4.20. The maximum atomic E-state index is 11.0. The molecule has 0 aromatic heterocycles. The number of allylic oxidation sites excluding steroid dienone is 1. The second-order valence-electron chi connectivity index (χ2n) is 2.70. The molecular formula is C11H11ClO2. The van der Waals surface area contributed by atoms with Crippen molar-refractivity contribution >= 4 is 17.6 Å². The monoisotopic (exact) mass is 210 g/mol. The van der Waals surface area contributed by atoms with Gasteiger partial charge in [-0.05, 0) is 13.0 Å². The van der Waals surface area contributed by atoms with Crippen LogP contribution in [0.5, 0.6) is 0 Å². The van der Waals surface area contributed by atoms with Gasteiger partial charge in [0.15, 0.2) is 0 Å². The standard InChI is InChI=1S/C11H11ClO2/c1-2-5-11(13)14-8-9-6-3-4-7-10(9)12/h2-7H,8H2,1H3. The van der Waals surface area contributed by atoms with Gasteiger partial charge in [0.1, 0.15) is 6.61 Å². The van der Waals surface area contributed by atoms with Gasteiger partial charge < -0.3 is 4.74 Å². The van der Waals surface area contributed by atoms with Crippen molar-refractivity contribution in [2.24, 2.45) is 0 Å². The Balaban J connectivity index is 2.54. The van der Waals surface area contributed by atoms with E-state index in [-0.39, 0.29) is 12.6 Å². The molecule has 1 aromatic rings. The molecule has 2 nitrogen and oxygen atoms in total. The van der Waals surface area contributed by atoms with E-state index in [0.717, 1.165) is 5.56 Å². The maximum absolute atomic E-state index is 11.0. The number of hydrogen-bond donors (Lipinski definition) is 0. The van der Waals surface area contributed by atoms with E-state index >= 15 is 0 Å². The van der Waals surface area contributed by atoms with E-state index in [1.54, 1.807) is 19.1 Å². The summed E-state index contributed by atoms with van der Waals surface area (Å²) >= 11 is 5.88. The van der Waals surface area contributed by atoms with Crippen LogP contribution in [0, 0.1) is 0 Å². The lowest BCUT2D eigenvalue weighted by atomic mass is 10.2. The molecule has 1 aromatic carbocycles. The number of carbonyl (C=O) groups is 1. The molecule has 0 fully saturated rings. The molecule has 0 atom stereocenters. The number of ether oxygens (including phenoxy) is 1. The molecule has 0 aliphatic carbocycles. The molecule has 0 N–H and O–H groups in total. The van der Waals surface area contributed by atoms with Crippen LogP contribution in [-0.4, -0.2) is 5.97 Å². The first-order valence-corrected chi connectivity index (χ1v) is 4.64. The highest BCUT2D eigenvalue weighted by atomic mass is 35.5. The Morgan fingerprint density at radius 2 is 2.21 bits per heavy atom. The highest BCUT2D eigenvalue weighted by Crippen LogP contribution is 2.15. The van der Waals surface area contributed by atoms with Crippen molar-refractivity contribution in [1.29, 1.82) is 0 Å². The average Bonchev–Trinajstić information content (AvgIpc) is 2.17. The molecule has 0 radical (unpaired) electrons. The summed E-state index contributed by atoms with van der Waals surface area (Å²) in [5, 5.41) is 0.612. The molecule has 0 heterocycles. The average molecular weight is 211 g/mol. The van der Waals surface area contributed by atoms with Gasteiger partial charge in [-0.2, -0.15) is 0 Å². The predicted octanol–water partition coefficient (Wildman–Crippen LogP) is 2.96. The molecule has 0 aliphatic heterocycles. The summed E-state index contributed by atoms with van der Waals surface area (Å²) in [4.78, 5) is 11.0. The minimum absolute atomic E-state index is 0.211. The summed E-state index contributed by atoms with van der Waals surface area (Å²) in [7, 11) is 0. The first-order chi connectivity index (χ1) is 6.74. The highest BCUT2D eigenvalue weighted by molar-refractivity contribution is 6.31. The van der Waals surface area contributed by atoms with E-state index in [4.69, 9.17) is 16.3 Å². The molecule has 0 saturated carbocycles. The van der Waals surface area contributed by atoms with Gasteiger partial charge in [0, 0.05) is 16.7 Å². The van der Waals surface area contributed by atoms with Gasteiger partial charge in [0.05, 0.1) is 0 Å². The third-order valence-electron chi connectivity index (χ3n) is 1.63. The van der Waals surface area contributed by atoms with Gasteiger partial charge in [-0.15, -0.1) is 0 Å². The predicted molar refractivity (Wildman–Crippen MR) is 56.1 cm³/mol. The largest absolute Gasteiger partial charge is 0.458 e. The molecule has 0 amide bonds. The zero-order chi connectivity index (χ0) is 10.4. The zero-order valence-electron chi connectivity index (χ0n) is 7.87. The number of carbonyl (C=O) groups excluding carboxylic acids is 1. The van der Waals surface area contributed by atoms with Gasteiger partial charge in [0.2, 0.25) is 0 Å². The van der Waals surface area contributed by atoms with E-state index in [2.05, 4.69) is 0 Å². The summed E-state index contributed by atoms with van der Waals surface area (Å²) in [6.07, 6.45) is 3.01. The molecule has 74 valence electrons. The normalized spacial score (nSPS) is 10.4. The van der Waals surface area contributed by atoms with E-state index in [0.29, 0.717) is 5.02 Å². The van der Waals surface area contributed by atoms with E-state index in [1.165, 1.54) is 6.08 Å². The molecule has 0 spiro atoms. The maximum Gasteiger partial charge on any atom is 0.330 e. The third-order valence-corrected chi connectivity index (χ3v) is 2.00. The fourth-order valence-corrected chi connectivity index (χ4v) is 1.14. The van der Waals surface area contributed by atoms with Crippen LogP contribution in [0.15, 0.2) is 36.4 Å². The lowest BCUT2D eigenvalue weighted by molar-refractivity contribution is -0.139. The Bertz CT molecular complexity index is 345. The lowest BCUT2D eigenvalue weighted by Gasteiger charge is -2.03. The van der Waals surface area contributed by atoms with Crippen molar-refractivity contribution in [2.75, 3.05) is 0 Å². The number of rotatable bonds is 3. The minimum atomic E-state index is -0.354. The van der Waals surface area contributed by atoms with Crippen molar-refractivity contribution in [3.8, 4) is 0 Å². The van der Waals surface area contributed by atoms with Gasteiger partial charge in [-0.3, -0.25) is 0 Å². The van der Waals surface area contributed by atoms with Crippen LogP contribution >= 0.6 is 11.6 Å². The second-order valence-corrected chi connectivity index (χ2v) is 3.11. The number of esters is 1. The van der Waals surface area contributed by atoms with Crippen molar-refractivity contribution in [3.63, 3.8) is 0 Å². The fourth-order valence-electron chi connectivity index (χ4n) is 0.949. The molecular weight excluding hydrogens is 200 g/mol. The second kappa shape index (κ2) is 5.45. The molecule has 3 heteroatoms. The van der Waals surface area contributed by atoms with Crippen LogP contribution in [0.25, 0.3) is 0 Å². The minimum Gasteiger partial charge on any atom is -0.458 e. The van der Waals surface area contributed by atoms with Crippen LogP contribution < -0.4 is 0 Å². The van der Waals surface area contributed by atoms with E-state index in [9.17, 15) is 4.79 Å². The quantitative estimate of drug-likeness (QED) is 0.567. The first kappa shape index (κ1) is 10.8. The molecule has 1 rings (SSSR count). The number of benzene rings is 1. The highest BCUT2D eigenvalue weighted by Gasteiger charge is 2.01. The Morgan fingerprint density at radius 1 is 1.50 bits per heavy atom. The lowest BCUT2D eigenvalue weighted by Crippen LogP contribution is -2.00. The number of hydrogen-bond acceptors (Lipinski definition) is 2. The van der Waals surface area contributed by atoms with Gasteiger partial charge in [0.25, 0.3) is 0 Å². The van der Waals surface area contributed by atoms with Crippen molar-refractivity contribution < 1.29 is 9.53 Å². The zero-order valence-corrected chi connectivity index (χ0v) is 8.62. The third kappa shape index (κ3) is 3.23. The summed E-state index contributed by atoms with van der Waals surface area (Å²) in [6, 6.07) is 7.27. The molecule has 14 heavy (non-hydrogen) atoms. The summed E-state index contributed by atoms with van der Waals surface area (Å²) < 4.78 is 4.94. The topological polar surface area (TPSA) is 26.3 Å². The first-order valence-electron chi connectivity index (χ1n) is 4.27. The van der Waals surface area contributed by atoms with Gasteiger partial charge in [-0.25, -0.2) is 4.79 Å². The molecule has 0 bridgehead atoms. The smallest absolute Gasteiger partial charge is 0.330 e. The molecule has 0 aliphatic rings. The van der Waals surface area contributed by atoms with Crippen LogP contribution in [0.1, 0.15) is 12.5 Å². The summed E-state index contributed by atoms with van der Waals surface area (Å²) in [6.45, 7) is 1.97. The Hall–Kier alpha value is -1.28. The summed E-state index contributed by atoms with van der Waals surface area (Å²) in [5.74, 6) is -0.354. The van der Waals surface area contributed by atoms with Crippen LogP contribution in [-0.2, 0) is 16.1 Å². The summed E-state index contributed by atoms with van der Waals surface area (Å²) in [5.41, 5.74) is 0.812. The van der Waals surface area contributed by atoms with Crippen LogP contribution in [0.4, 0.5) is 0 Å². The fraction of sp³-hybridized carbons (Fsp3) is 0.182. The van der Waals surface area contributed by atoms with Crippen molar-refractivity contribution in [1.82, 2.24) is 0 Å². The van der Waals surface area contributed by atoms with Gasteiger partial charge >= 0.3 is 5.97 Å². The van der Waals surface area contributed by atoms with Crippen LogP contribution in [0.3, 0.4) is 0 Å². The SMILES string of the molecule is CC=CC(=O)OCc1ccccc1Cl.